The van der Waals surface area contributed by atoms with Gasteiger partial charge < -0.3 is 0 Å². The number of aliphatic imine (C=N–C) groups is 1. The third kappa shape index (κ3) is 1.87. The van der Waals surface area contributed by atoms with Crippen LogP contribution in [0.15, 0.2) is 29.4 Å². The maximum Gasteiger partial charge on any atom is 0.218 e. The second kappa shape index (κ2) is 3.87. The average molecular weight is 187 g/mol. The van der Waals surface area contributed by atoms with Gasteiger partial charge >= 0.3 is 0 Å². The first-order valence-corrected chi connectivity index (χ1v) is 4.29. The summed E-state index contributed by atoms with van der Waals surface area (Å²) in [6, 6.07) is 0. The van der Waals surface area contributed by atoms with Crippen molar-refractivity contribution in [3.8, 4) is 0 Å². The minimum absolute atomic E-state index is 0.492. The molecule has 5 heteroatoms. The number of aromatic nitrogens is 4. The number of rotatable bonds is 1. The highest BCUT2D eigenvalue weighted by molar-refractivity contribution is 5.98. The molecule has 0 aromatic carbocycles. The largest absolute Gasteiger partial charge is 0.257 e. The quantitative estimate of drug-likeness (QED) is 0.653. The lowest BCUT2D eigenvalue weighted by molar-refractivity contribution is 0.792. The Morgan fingerprint density at radius 3 is 2.64 bits per heavy atom. The van der Waals surface area contributed by atoms with E-state index in [0.717, 1.165) is 5.71 Å². The molecule has 1 aromatic heterocycles. The molecule has 1 aliphatic rings. The van der Waals surface area contributed by atoms with Crippen LogP contribution in [0.3, 0.4) is 0 Å². The van der Waals surface area contributed by atoms with E-state index in [4.69, 9.17) is 0 Å². The molecule has 14 heavy (non-hydrogen) atoms. The monoisotopic (exact) mass is 187 g/mol. The third-order valence-corrected chi connectivity index (χ3v) is 1.71. The van der Waals surface area contributed by atoms with Crippen molar-refractivity contribution in [2.75, 3.05) is 0 Å². The van der Waals surface area contributed by atoms with Gasteiger partial charge in [-0.25, -0.2) is 0 Å². The van der Waals surface area contributed by atoms with E-state index < -0.39 is 0 Å². The first-order chi connectivity index (χ1) is 6.86. The first kappa shape index (κ1) is 8.68. The van der Waals surface area contributed by atoms with Crippen molar-refractivity contribution < 1.29 is 0 Å². The third-order valence-electron chi connectivity index (χ3n) is 1.71. The molecule has 0 atom stereocenters. The predicted octanol–water partition coefficient (Wildman–Crippen LogP) is 0.838. The molecule has 0 saturated carbocycles. The maximum atomic E-state index is 4.19. The van der Waals surface area contributed by atoms with Gasteiger partial charge in [-0.05, 0) is 13.0 Å². The van der Waals surface area contributed by atoms with Gasteiger partial charge in [-0.15, -0.1) is 20.4 Å². The van der Waals surface area contributed by atoms with Crippen LogP contribution in [0.5, 0.6) is 0 Å². The summed E-state index contributed by atoms with van der Waals surface area (Å²) in [5.74, 6) is 1.06. The Morgan fingerprint density at radius 2 is 1.86 bits per heavy atom. The Balaban J connectivity index is 2.31. The number of hydrogen-bond acceptors (Lipinski definition) is 5. The van der Waals surface area contributed by atoms with Gasteiger partial charge in [-0.1, -0.05) is 12.2 Å². The van der Waals surface area contributed by atoms with Gasteiger partial charge in [-0.2, -0.15) is 0 Å². The zero-order valence-corrected chi connectivity index (χ0v) is 7.75. The Labute approximate surface area is 81.3 Å². The van der Waals surface area contributed by atoms with Crippen molar-refractivity contribution in [2.24, 2.45) is 4.99 Å². The molecular formula is C9H9N5. The number of aryl methyl sites for hydroxylation is 1. The van der Waals surface area contributed by atoms with Gasteiger partial charge in [0.25, 0.3) is 0 Å². The van der Waals surface area contributed by atoms with Gasteiger partial charge in [0.05, 0.1) is 5.71 Å². The summed E-state index contributed by atoms with van der Waals surface area (Å²) in [5.41, 5.74) is 0.787. The van der Waals surface area contributed by atoms with Crippen molar-refractivity contribution in [1.29, 1.82) is 0 Å². The standard InChI is InChI=1S/C9H9N5/c1-7-11-13-9(14-12-7)8-5-3-2-4-6-10-8/h2-4,6H,5H2,1H3. The minimum atomic E-state index is 0.492. The van der Waals surface area contributed by atoms with Crippen LogP contribution in [-0.2, 0) is 0 Å². The molecule has 0 saturated heterocycles. The Kier molecular flexibility index (Phi) is 2.40. The second-order valence-electron chi connectivity index (χ2n) is 2.82. The van der Waals surface area contributed by atoms with Crippen LogP contribution in [0.2, 0.25) is 0 Å². The molecule has 2 heterocycles. The smallest absolute Gasteiger partial charge is 0.218 e. The van der Waals surface area contributed by atoms with Crippen molar-refractivity contribution in [2.45, 2.75) is 13.3 Å². The molecule has 0 fully saturated rings. The fourth-order valence-corrected chi connectivity index (χ4v) is 1.04. The lowest BCUT2D eigenvalue weighted by Gasteiger charge is -1.97. The Morgan fingerprint density at radius 1 is 1.07 bits per heavy atom. The summed E-state index contributed by atoms with van der Waals surface area (Å²) < 4.78 is 0. The maximum absolute atomic E-state index is 4.19. The van der Waals surface area contributed by atoms with Crippen molar-refractivity contribution in [1.82, 2.24) is 20.4 Å². The number of hydrogen-bond donors (Lipinski definition) is 0. The summed E-state index contributed by atoms with van der Waals surface area (Å²) in [5, 5.41) is 15.5. The van der Waals surface area contributed by atoms with Gasteiger partial charge in [-0.3, -0.25) is 4.99 Å². The van der Waals surface area contributed by atoms with E-state index in [1.165, 1.54) is 0 Å². The van der Waals surface area contributed by atoms with Crippen LogP contribution >= 0.6 is 0 Å². The first-order valence-electron chi connectivity index (χ1n) is 4.29. The fourth-order valence-electron chi connectivity index (χ4n) is 1.04. The molecule has 0 bridgehead atoms. The van der Waals surface area contributed by atoms with Crippen LogP contribution in [0.1, 0.15) is 18.1 Å². The molecule has 1 aliphatic heterocycles. The zero-order valence-electron chi connectivity index (χ0n) is 7.75. The van der Waals surface area contributed by atoms with Gasteiger partial charge in [0.1, 0.15) is 0 Å². The molecule has 0 unspecified atom stereocenters. The average Bonchev–Trinajstić information content (AvgIpc) is 2.47. The second-order valence-corrected chi connectivity index (χ2v) is 2.82. The molecule has 0 amide bonds. The highest BCUT2D eigenvalue weighted by Gasteiger charge is 2.06. The van der Waals surface area contributed by atoms with Crippen LogP contribution in [-0.4, -0.2) is 26.1 Å². The van der Waals surface area contributed by atoms with E-state index in [2.05, 4.69) is 25.4 Å². The summed E-state index contributed by atoms with van der Waals surface area (Å²) in [6.07, 6.45) is 8.21. The molecule has 0 aliphatic carbocycles. The van der Waals surface area contributed by atoms with Crippen LogP contribution < -0.4 is 0 Å². The van der Waals surface area contributed by atoms with E-state index >= 15 is 0 Å². The lowest BCUT2D eigenvalue weighted by atomic mass is 10.2. The van der Waals surface area contributed by atoms with Crippen molar-refractivity contribution in [3.63, 3.8) is 0 Å². The molecule has 5 nitrogen and oxygen atoms in total. The topological polar surface area (TPSA) is 63.9 Å². The highest BCUT2D eigenvalue weighted by atomic mass is 15.3. The van der Waals surface area contributed by atoms with Gasteiger partial charge in [0, 0.05) is 12.6 Å². The molecule has 0 radical (unpaired) electrons. The van der Waals surface area contributed by atoms with Crippen LogP contribution in [0.4, 0.5) is 0 Å². The van der Waals surface area contributed by atoms with Crippen LogP contribution in [0.25, 0.3) is 0 Å². The highest BCUT2D eigenvalue weighted by Crippen LogP contribution is 2.02. The normalized spacial score (nSPS) is 15.1. The Hall–Kier alpha value is -1.91. The van der Waals surface area contributed by atoms with Crippen LogP contribution in [0, 0.1) is 6.92 Å². The lowest BCUT2D eigenvalue weighted by Crippen LogP contribution is -2.09. The van der Waals surface area contributed by atoms with Gasteiger partial charge in [0.15, 0.2) is 5.82 Å². The molecular weight excluding hydrogens is 178 g/mol. The summed E-state index contributed by atoms with van der Waals surface area (Å²) in [7, 11) is 0. The van der Waals surface area contributed by atoms with E-state index in [-0.39, 0.29) is 0 Å². The summed E-state index contributed by atoms with van der Waals surface area (Å²) in [6.45, 7) is 1.75. The molecule has 2 rings (SSSR count). The molecule has 0 spiro atoms. The van der Waals surface area contributed by atoms with Crippen molar-refractivity contribution >= 4 is 5.71 Å². The minimum Gasteiger partial charge on any atom is -0.257 e. The number of nitrogens with zero attached hydrogens (tertiary/aromatic N) is 5. The SMILES string of the molecule is Cc1nnc(C2=NC=CC=CC2)nn1. The van der Waals surface area contributed by atoms with Gasteiger partial charge in [0.2, 0.25) is 5.82 Å². The summed E-state index contributed by atoms with van der Waals surface area (Å²) >= 11 is 0. The number of allylic oxidation sites excluding steroid dienone is 3. The Bertz CT molecular complexity index is 402. The van der Waals surface area contributed by atoms with E-state index in [1.54, 1.807) is 13.1 Å². The fraction of sp³-hybridized carbons (Fsp3) is 0.222. The van der Waals surface area contributed by atoms with E-state index in [0.29, 0.717) is 18.1 Å². The molecule has 0 N–H and O–H groups in total. The summed E-state index contributed by atoms with van der Waals surface area (Å²) in [4.78, 5) is 4.19. The molecule has 1 aromatic rings. The van der Waals surface area contributed by atoms with Crippen molar-refractivity contribution in [3.05, 3.63) is 36.1 Å². The predicted molar refractivity (Wildman–Crippen MR) is 51.8 cm³/mol. The van der Waals surface area contributed by atoms with E-state index in [9.17, 15) is 0 Å². The van der Waals surface area contributed by atoms with E-state index in [1.807, 2.05) is 18.2 Å². The zero-order chi connectivity index (χ0) is 9.80. The molecule has 70 valence electrons.